The lowest BCUT2D eigenvalue weighted by molar-refractivity contribution is 0.0541. The molecule has 0 aromatic heterocycles. The van der Waals surface area contributed by atoms with E-state index in [2.05, 4.69) is 12.2 Å². The van der Waals surface area contributed by atoms with Crippen LogP contribution in [0.5, 0.6) is 0 Å². The molecule has 0 heterocycles. The summed E-state index contributed by atoms with van der Waals surface area (Å²) in [4.78, 5) is 11.1. The van der Waals surface area contributed by atoms with Crippen LogP contribution in [-0.2, 0) is 4.74 Å². The molecule has 1 amide bonds. The monoisotopic (exact) mass is 186 g/mol. The van der Waals surface area contributed by atoms with E-state index in [1.165, 1.54) is 0 Å². The quantitative estimate of drug-likeness (QED) is 0.685. The molecule has 0 bridgehead atoms. The first-order valence-electron chi connectivity index (χ1n) is 4.77. The zero-order chi connectivity index (χ0) is 10.3. The number of alkyl carbamates (subject to hydrolysis) is 1. The highest BCUT2D eigenvalue weighted by Gasteiger charge is 2.15. The van der Waals surface area contributed by atoms with Gasteiger partial charge in [0.2, 0.25) is 0 Å². The summed E-state index contributed by atoms with van der Waals surface area (Å²) in [7, 11) is 0. The van der Waals surface area contributed by atoms with Crippen LogP contribution in [0.4, 0.5) is 4.79 Å². The molecule has 3 heteroatoms. The zero-order valence-corrected chi connectivity index (χ0v) is 9.02. The molecule has 0 saturated heterocycles. The van der Waals surface area contributed by atoms with Crippen LogP contribution in [0.15, 0.2) is 0 Å². The number of rotatable bonds is 4. The van der Waals surface area contributed by atoms with E-state index >= 15 is 0 Å². The van der Waals surface area contributed by atoms with E-state index in [0.29, 0.717) is 0 Å². The number of carbonyl (C=O) groups is 1. The van der Waals surface area contributed by atoms with E-state index in [1.807, 2.05) is 20.8 Å². The third-order valence-corrected chi connectivity index (χ3v) is 1.32. The maximum atomic E-state index is 11.1. The Morgan fingerprint density at radius 3 is 2.54 bits per heavy atom. The van der Waals surface area contributed by atoms with E-state index in [4.69, 9.17) is 4.74 Å². The van der Waals surface area contributed by atoms with Gasteiger partial charge in [-0.25, -0.2) is 4.79 Å². The fourth-order valence-corrected chi connectivity index (χ4v) is 0.769. The van der Waals surface area contributed by atoms with Crippen molar-refractivity contribution in [1.82, 2.24) is 5.32 Å². The maximum Gasteiger partial charge on any atom is 0.407 e. The Morgan fingerprint density at radius 2 is 2.08 bits per heavy atom. The number of ether oxygens (including phenoxy) is 1. The summed E-state index contributed by atoms with van der Waals surface area (Å²) in [6.45, 7) is 9.40. The molecule has 0 unspecified atom stereocenters. The van der Waals surface area contributed by atoms with Crippen molar-refractivity contribution in [2.75, 3.05) is 0 Å². The van der Waals surface area contributed by atoms with Crippen LogP contribution < -0.4 is 5.32 Å². The minimum absolute atomic E-state index is 0.372. The normalized spacial score (nSPS) is 11.1. The number of unbranched alkanes of at least 4 members (excludes halogenated alkanes) is 2. The molecule has 0 aliphatic heterocycles. The SMILES string of the molecule is CCCC[CH]NC(=O)OC(C)(C)C. The predicted molar refractivity (Wildman–Crippen MR) is 53.2 cm³/mol. The van der Waals surface area contributed by atoms with Gasteiger partial charge in [-0.1, -0.05) is 19.8 Å². The average molecular weight is 186 g/mol. The number of hydrogen-bond acceptors (Lipinski definition) is 2. The molecule has 13 heavy (non-hydrogen) atoms. The van der Waals surface area contributed by atoms with Crippen molar-refractivity contribution in [3.8, 4) is 0 Å². The van der Waals surface area contributed by atoms with Gasteiger partial charge in [0.05, 0.1) is 6.54 Å². The fraction of sp³-hybridized carbons (Fsp3) is 0.800. The summed E-state index contributed by atoms with van der Waals surface area (Å²) < 4.78 is 5.04. The molecule has 0 aromatic rings. The van der Waals surface area contributed by atoms with Gasteiger partial charge < -0.3 is 10.1 Å². The van der Waals surface area contributed by atoms with E-state index < -0.39 is 5.60 Å². The van der Waals surface area contributed by atoms with Crippen molar-refractivity contribution in [2.45, 2.75) is 52.6 Å². The lowest BCUT2D eigenvalue weighted by Crippen LogP contribution is -2.31. The van der Waals surface area contributed by atoms with Gasteiger partial charge in [0.15, 0.2) is 0 Å². The van der Waals surface area contributed by atoms with Crippen LogP contribution in [0.1, 0.15) is 47.0 Å². The Bertz CT molecular complexity index is 149. The highest BCUT2D eigenvalue weighted by Crippen LogP contribution is 2.06. The lowest BCUT2D eigenvalue weighted by Gasteiger charge is -2.19. The molecule has 0 aliphatic rings. The van der Waals surface area contributed by atoms with Crippen LogP contribution in [0.2, 0.25) is 0 Å². The molecule has 0 atom stereocenters. The predicted octanol–water partition coefficient (Wildman–Crippen LogP) is 2.86. The van der Waals surface area contributed by atoms with E-state index in [9.17, 15) is 4.79 Å². The van der Waals surface area contributed by atoms with Gasteiger partial charge in [0.25, 0.3) is 0 Å². The molecule has 0 fully saturated rings. The summed E-state index contributed by atoms with van der Waals surface area (Å²) in [6, 6.07) is 0. The first-order valence-corrected chi connectivity index (χ1v) is 4.77. The molecule has 0 aliphatic carbocycles. The second kappa shape index (κ2) is 5.84. The van der Waals surface area contributed by atoms with Gasteiger partial charge in [-0.15, -0.1) is 0 Å². The van der Waals surface area contributed by atoms with E-state index in [1.54, 1.807) is 6.54 Å². The summed E-state index contributed by atoms with van der Waals surface area (Å²) in [6.07, 6.45) is 2.75. The summed E-state index contributed by atoms with van der Waals surface area (Å²) in [5.41, 5.74) is -0.414. The number of hydrogen-bond donors (Lipinski definition) is 1. The van der Waals surface area contributed by atoms with Crippen molar-refractivity contribution in [3.05, 3.63) is 6.54 Å². The van der Waals surface area contributed by atoms with Crippen LogP contribution in [0, 0.1) is 6.54 Å². The Morgan fingerprint density at radius 1 is 1.46 bits per heavy atom. The second-order valence-corrected chi connectivity index (χ2v) is 3.99. The molecule has 0 spiro atoms. The lowest BCUT2D eigenvalue weighted by atomic mass is 10.2. The highest BCUT2D eigenvalue weighted by molar-refractivity contribution is 5.68. The Labute approximate surface area is 80.8 Å². The second-order valence-electron chi connectivity index (χ2n) is 3.99. The maximum absolute atomic E-state index is 11.1. The smallest absolute Gasteiger partial charge is 0.407 e. The van der Waals surface area contributed by atoms with Gasteiger partial charge in [-0.3, -0.25) is 0 Å². The summed E-state index contributed by atoms with van der Waals surface area (Å²) >= 11 is 0. The van der Waals surface area contributed by atoms with Gasteiger partial charge >= 0.3 is 6.09 Å². The van der Waals surface area contributed by atoms with Crippen molar-refractivity contribution in [2.24, 2.45) is 0 Å². The molecule has 0 aromatic carbocycles. The number of amides is 1. The Hall–Kier alpha value is -0.730. The van der Waals surface area contributed by atoms with Crippen LogP contribution in [-0.4, -0.2) is 11.7 Å². The molecular formula is C10H20NO2. The molecule has 77 valence electrons. The Kier molecular flexibility index (Phi) is 5.51. The zero-order valence-electron chi connectivity index (χ0n) is 9.02. The van der Waals surface area contributed by atoms with Crippen molar-refractivity contribution < 1.29 is 9.53 Å². The minimum atomic E-state index is -0.414. The van der Waals surface area contributed by atoms with E-state index in [0.717, 1.165) is 19.3 Å². The Balaban J connectivity index is 3.41. The molecule has 1 radical (unpaired) electrons. The molecule has 3 nitrogen and oxygen atoms in total. The van der Waals surface area contributed by atoms with Gasteiger partial charge in [0.1, 0.15) is 5.60 Å². The highest BCUT2D eigenvalue weighted by atomic mass is 16.6. The molecular weight excluding hydrogens is 166 g/mol. The topological polar surface area (TPSA) is 38.3 Å². The van der Waals surface area contributed by atoms with Crippen molar-refractivity contribution in [1.29, 1.82) is 0 Å². The number of carbonyl (C=O) groups excluding carboxylic acids is 1. The summed E-state index contributed by atoms with van der Waals surface area (Å²) in [5, 5.41) is 2.59. The van der Waals surface area contributed by atoms with Crippen LogP contribution >= 0.6 is 0 Å². The van der Waals surface area contributed by atoms with Gasteiger partial charge in [-0.2, -0.15) is 0 Å². The van der Waals surface area contributed by atoms with Crippen molar-refractivity contribution >= 4 is 6.09 Å². The average Bonchev–Trinajstić information content (AvgIpc) is 1.94. The van der Waals surface area contributed by atoms with Crippen molar-refractivity contribution in [3.63, 3.8) is 0 Å². The molecule has 0 saturated carbocycles. The van der Waals surface area contributed by atoms with Gasteiger partial charge in [0, 0.05) is 0 Å². The van der Waals surface area contributed by atoms with Crippen LogP contribution in [0.3, 0.4) is 0 Å². The van der Waals surface area contributed by atoms with Crippen LogP contribution in [0.25, 0.3) is 0 Å². The standard InChI is InChI=1S/C10H20NO2/c1-5-6-7-8-11-9(12)13-10(2,3)4/h8H,5-7H2,1-4H3,(H,11,12). The first kappa shape index (κ1) is 12.3. The molecule has 1 N–H and O–H groups in total. The molecule has 0 rings (SSSR count). The number of nitrogens with one attached hydrogen (secondary N) is 1. The van der Waals surface area contributed by atoms with Gasteiger partial charge in [-0.05, 0) is 27.2 Å². The third-order valence-electron chi connectivity index (χ3n) is 1.32. The third kappa shape index (κ3) is 9.18. The minimum Gasteiger partial charge on any atom is -0.444 e. The summed E-state index contributed by atoms with van der Waals surface area (Å²) in [5.74, 6) is 0. The first-order chi connectivity index (χ1) is 5.95. The largest absolute Gasteiger partial charge is 0.444 e. The fourth-order valence-electron chi connectivity index (χ4n) is 0.769. The van der Waals surface area contributed by atoms with E-state index in [-0.39, 0.29) is 6.09 Å².